The van der Waals surface area contributed by atoms with E-state index in [2.05, 4.69) is 0 Å². The van der Waals surface area contributed by atoms with Gasteiger partial charge in [0.05, 0.1) is 11.6 Å². The number of rotatable bonds is 2. The molecule has 17 heavy (non-hydrogen) atoms. The van der Waals surface area contributed by atoms with Crippen molar-refractivity contribution in [3.05, 3.63) is 59.9 Å². The van der Waals surface area contributed by atoms with E-state index in [0.29, 0.717) is 16.5 Å². The number of benzene rings is 2. The third-order valence-electron chi connectivity index (χ3n) is 2.54. The van der Waals surface area contributed by atoms with Crippen LogP contribution in [0.2, 0.25) is 0 Å². The molecular weight excluding hydrogens is 216 g/mol. The van der Waals surface area contributed by atoms with E-state index in [1.165, 1.54) is 24.3 Å². The maximum Gasteiger partial charge on any atom is 0.358 e. The maximum absolute atomic E-state index is 12.7. The summed E-state index contributed by atoms with van der Waals surface area (Å²) in [4.78, 5) is 0. The van der Waals surface area contributed by atoms with Crippen molar-refractivity contribution in [1.29, 1.82) is 5.26 Å². The van der Waals surface area contributed by atoms with Crippen molar-refractivity contribution in [1.82, 2.24) is 0 Å². The molecule has 0 unspecified atom stereocenters. The van der Waals surface area contributed by atoms with Crippen LogP contribution < -0.4 is 10.9 Å². The minimum Gasteiger partial charge on any atom is -0.443 e. The molecule has 0 saturated carbocycles. The first kappa shape index (κ1) is 11.4. The minimum absolute atomic E-state index is 0.333. The second-order valence-electron chi connectivity index (χ2n) is 3.69. The summed E-state index contributed by atoms with van der Waals surface area (Å²) in [6, 6.07) is 14.4. The average Bonchev–Trinajstić information content (AvgIpc) is 2.39. The van der Waals surface area contributed by atoms with Crippen LogP contribution in [0.4, 0.5) is 4.39 Å². The predicted octanol–water partition coefficient (Wildman–Crippen LogP) is 0.795. The second-order valence-corrected chi connectivity index (χ2v) is 3.69. The average molecular weight is 225 g/mol. The lowest BCUT2D eigenvalue weighted by atomic mass is 9.56. The van der Waals surface area contributed by atoms with Crippen LogP contribution in [-0.2, 0) is 0 Å². The number of hydrogen-bond acceptors (Lipinski definition) is 2. The summed E-state index contributed by atoms with van der Waals surface area (Å²) in [5, 5.41) is 18.7. The maximum atomic E-state index is 12.7. The lowest BCUT2D eigenvalue weighted by Gasteiger charge is -2.07. The summed E-state index contributed by atoms with van der Waals surface area (Å²) in [7, 11) is 0. The highest BCUT2D eigenvalue weighted by atomic mass is 19.1. The first-order chi connectivity index (χ1) is 8.20. The highest BCUT2D eigenvalue weighted by Crippen LogP contribution is 1.97. The molecule has 2 rings (SSSR count). The fraction of sp³-hybridized carbons (Fsp3) is 0. The van der Waals surface area contributed by atoms with E-state index in [0.717, 1.165) is 0 Å². The number of hydrogen-bond donors (Lipinski definition) is 1. The molecule has 0 aliphatic heterocycles. The molecule has 0 aliphatic rings. The Morgan fingerprint density at radius 1 is 0.941 bits per heavy atom. The molecule has 0 aliphatic carbocycles. The molecule has 0 atom stereocenters. The lowest BCUT2D eigenvalue weighted by Crippen LogP contribution is -2.42. The van der Waals surface area contributed by atoms with E-state index in [1.807, 2.05) is 6.07 Å². The molecule has 2 aromatic rings. The molecule has 0 fully saturated rings. The van der Waals surface area contributed by atoms with Crippen LogP contribution in [0.1, 0.15) is 5.56 Å². The Morgan fingerprint density at radius 3 is 1.88 bits per heavy atom. The Kier molecular flexibility index (Phi) is 3.22. The third kappa shape index (κ3) is 2.52. The van der Waals surface area contributed by atoms with Gasteiger partial charge >= 0.3 is 6.92 Å². The Balaban J connectivity index is 2.27. The molecule has 0 amide bonds. The van der Waals surface area contributed by atoms with E-state index in [1.54, 1.807) is 24.3 Å². The van der Waals surface area contributed by atoms with Crippen LogP contribution in [0.25, 0.3) is 0 Å². The van der Waals surface area contributed by atoms with Crippen LogP contribution >= 0.6 is 0 Å². The standard InChI is InChI=1S/C13H9BFNO/c15-13-7-5-12(6-8-13)14(17)11-3-1-10(9-16)2-4-11/h1-8,17H. The van der Waals surface area contributed by atoms with Gasteiger partial charge in [-0.25, -0.2) is 4.39 Å². The molecule has 0 saturated heterocycles. The molecule has 1 N–H and O–H groups in total. The molecule has 0 spiro atoms. The van der Waals surface area contributed by atoms with E-state index in [-0.39, 0.29) is 5.82 Å². The largest absolute Gasteiger partial charge is 0.443 e. The number of halogens is 1. The fourth-order valence-corrected chi connectivity index (χ4v) is 1.58. The van der Waals surface area contributed by atoms with Crippen LogP contribution in [0, 0.1) is 17.1 Å². The predicted molar refractivity (Wildman–Crippen MR) is 64.8 cm³/mol. The van der Waals surface area contributed by atoms with Crippen molar-refractivity contribution in [3.8, 4) is 6.07 Å². The lowest BCUT2D eigenvalue weighted by molar-refractivity contribution is 0.599. The van der Waals surface area contributed by atoms with Gasteiger partial charge in [-0.15, -0.1) is 0 Å². The molecule has 2 nitrogen and oxygen atoms in total. The Labute approximate surface area is 99.1 Å². The molecule has 82 valence electrons. The zero-order valence-electron chi connectivity index (χ0n) is 8.97. The van der Waals surface area contributed by atoms with E-state index in [9.17, 15) is 9.41 Å². The number of nitriles is 1. The van der Waals surface area contributed by atoms with Crippen LogP contribution in [0.15, 0.2) is 48.5 Å². The topological polar surface area (TPSA) is 44.0 Å². The van der Waals surface area contributed by atoms with E-state index < -0.39 is 6.92 Å². The second kappa shape index (κ2) is 4.81. The van der Waals surface area contributed by atoms with Crippen molar-refractivity contribution in [3.63, 3.8) is 0 Å². The van der Waals surface area contributed by atoms with Gasteiger partial charge in [0.2, 0.25) is 0 Å². The monoisotopic (exact) mass is 225 g/mol. The van der Waals surface area contributed by atoms with Crippen LogP contribution in [0.3, 0.4) is 0 Å². The zero-order valence-corrected chi connectivity index (χ0v) is 8.97. The fourth-order valence-electron chi connectivity index (χ4n) is 1.58. The Bertz CT molecular complexity index is 545. The van der Waals surface area contributed by atoms with Crippen molar-refractivity contribution < 1.29 is 9.41 Å². The Hall–Kier alpha value is -2.12. The van der Waals surface area contributed by atoms with Crippen molar-refractivity contribution >= 4 is 17.8 Å². The summed E-state index contributed by atoms with van der Waals surface area (Å²) in [6.07, 6.45) is 0. The van der Waals surface area contributed by atoms with Crippen molar-refractivity contribution in [2.24, 2.45) is 0 Å². The van der Waals surface area contributed by atoms with Gasteiger partial charge in [0, 0.05) is 0 Å². The molecule has 0 aromatic heterocycles. The normalized spacial score (nSPS) is 9.71. The summed E-state index contributed by atoms with van der Waals surface area (Å²) < 4.78 is 12.7. The first-order valence-corrected chi connectivity index (χ1v) is 5.14. The summed E-state index contributed by atoms with van der Waals surface area (Å²) >= 11 is 0. The molecule has 0 radical (unpaired) electrons. The van der Waals surface area contributed by atoms with Gasteiger partial charge in [0.25, 0.3) is 0 Å². The molecule has 4 heteroatoms. The van der Waals surface area contributed by atoms with Gasteiger partial charge < -0.3 is 5.02 Å². The van der Waals surface area contributed by atoms with Gasteiger partial charge in [-0.3, -0.25) is 0 Å². The highest BCUT2D eigenvalue weighted by molar-refractivity contribution is 6.78. The van der Waals surface area contributed by atoms with Gasteiger partial charge in [0.1, 0.15) is 5.82 Å². The molecule has 0 bridgehead atoms. The van der Waals surface area contributed by atoms with Gasteiger partial charge in [0.15, 0.2) is 0 Å². The highest BCUT2D eigenvalue weighted by Gasteiger charge is 2.16. The smallest absolute Gasteiger partial charge is 0.358 e. The van der Waals surface area contributed by atoms with Crippen molar-refractivity contribution in [2.75, 3.05) is 0 Å². The van der Waals surface area contributed by atoms with E-state index in [4.69, 9.17) is 5.26 Å². The molecule has 2 aromatic carbocycles. The van der Waals surface area contributed by atoms with Gasteiger partial charge in [-0.1, -0.05) is 24.3 Å². The summed E-state index contributed by atoms with van der Waals surface area (Å²) in [5.74, 6) is -0.333. The van der Waals surface area contributed by atoms with Gasteiger partial charge in [-0.05, 0) is 35.2 Å². The minimum atomic E-state index is -0.802. The van der Waals surface area contributed by atoms with Crippen LogP contribution in [-0.4, -0.2) is 11.9 Å². The van der Waals surface area contributed by atoms with Crippen molar-refractivity contribution in [2.45, 2.75) is 0 Å². The Morgan fingerprint density at radius 2 is 1.41 bits per heavy atom. The SMILES string of the molecule is N#Cc1ccc(B(O)c2ccc(F)cc2)cc1. The van der Waals surface area contributed by atoms with Crippen LogP contribution in [0.5, 0.6) is 0 Å². The number of nitrogens with zero attached hydrogens (tertiary/aromatic N) is 1. The van der Waals surface area contributed by atoms with Gasteiger partial charge in [-0.2, -0.15) is 5.26 Å². The molecule has 0 heterocycles. The van der Waals surface area contributed by atoms with E-state index >= 15 is 0 Å². The zero-order chi connectivity index (χ0) is 12.3. The summed E-state index contributed by atoms with van der Waals surface area (Å²) in [5.41, 5.74) is 1.84. The third-order valence-corrected chi connectivity index (χ3v) is 2.54. The first-order valence-electron chi connectivity index (χ1n) is 5.14. The molecular formula is C13H9BFNO. The summed E-state index contributed by atoms with van der Waals surface area (Å²) in [6.45, 7) is -0.802. The quantitative estimate of drug-likeness (QED) is 0.768.